The van der Waals surface area contributed by atoms with Crippen LogP contribution in [0.25, 0.3) is 0 Å². The molecule has 1 aliphatic rings. The molecule has 116 valence electrons. The first kappa shape index (κ1) is 15.0. The van der Waals surface area contributed by atoms with Gasteiger partial charge in [-0.25, -0.2) is 0 Å². The summed E-state index contributed by atoms with van der Waals surface area (Å²) in [4.78, 5) is 26.0. The van der Waals surface area contributed by atoms with Crippen molar-refractivity contribution in [2.45, 2.75) is 19.9 Å². The van der Waals surface area contributed by atoms with E-state index in [-0.39, 0.29) is 11.4 Å². The molecule has 0 bridgehead atoms. The Hall–Kier alpha value is -2.88. The molecule has 0 aromatic heterocycles. The third-order valence-corrected chi connectivity index (χ3v) is 4.01. The van der Waals surface area contributed by atoms with Gasteiger partial charge in [-0.1, -0.05) is 48.0 Å². The Bertz CT molecular complexity index is 791. The Morgan fingerprint density at radius 3 is 2.22 bits per heavy atom. The van der Waals surface area contributed by atoms with Crippen molar-refractivity contribution in [1.29, 1.82) is 0 Å². The van der Waals surface area contributed by atoms with Gasteiger partial charge in [0.25, 0.3) is 5.91 Å². The lowest BCUT2D eigenvalue weighted by Gasteiger charge is -2.26. The van der Waals surface area contributed by atoms with Crippen LogP contribution in [0.5, 0.6) is 0 Å². The quantitative estimate of drug-likeness (QED) is 0.944. The number of benzene rings is 2. The molecule has 1 amide bonds. The van der Waals surface area contributed by atoms with Gasteiger partial charge in [0.05, 0.1) is 11.6 Å². The van der Waals surface area contributed by atoms with Crippen LogP contribution in [0.3, 0.4) is 0 Å². The number of aliphatic hydroxyl groups excluding tert-OH is 1. The number of anilines is 1. The summed E-state index contributed by atoms with van der Waals surface area (Å²) in [7, 11) is 0. The lowest BCUT2D eigenvalue weighted by Crippen LogP contribution is -2.30. The third kappa shape index (κ3) is 2.52. The molecule has 0 saturated carbocycles. The van der Waals surface area contributed by atoms with Crippen molar-refractivity contribution in [1.82, 2.24) is 0 Å². The molecule has 0 radical (unpaired) electrons. The molecule has 2 aromatic carbocycles. The topological polar surface area (TPSA) is 57.6 Å². The summed E-state index contributed by atoms with van der Waals surface area (Å²) in [5.74, 6) is -1.32. The molecule has 1 aliphatic heterocycles. The molecule has 2 aromatic rings. The largest absolute Gasteiger partial charge is 0.503 e. The van der Waals surface area contributed by atoms with Crippen LogP contribution in [0.15, 0.2) is 65.9 Å². The first-order valence-electron chi connectivity index (χ1n) is 7.40. The molecular weight excluding hydrogens is 290 g/mol. The number of aliphatic hydroxyl groups is 1. The lowest BCUT2D eigenvalue weighted by atomic mass is 9.96. The van der Waals surface area contributed by atoms with Crippen molar-refractivity contribution in [2.24, 2.45) is 0 Å². The van der Waals surface area contributed by atoms with Crippen LogP contribution >= 0.6 is 0 Å². The number of hydrogen-bond acceptors (Lipinski definition) is 3. The van der Waals surface area contributed by atoms with Crippen molar-refractivity contribution < 1.29 is 14.7 Å². The summed E-state index contributed by atoms with van der Waals surface area (Å²) in [6, 6.07) is 16.1. The Morgan fingerprint density at radius 2 is 1.65 bits per heavy atom. The number of nitrogens with zero attached hydrogens (tertiary/aromatic N) is 1. The van der Waals surface area contributed by atoms with E-state index >= 15 is 0 Å². The Labute approximate surface area is 134 Å². The molecule has 1 heterocycles. The number of Topliss-reactive ketones (excluding diaryl/α,β-unsaturated/α-hetero) is 1. The average Bonchev–Trinajstić information content (AvgIpc) is 2.81. The molecular formula is C19H17NO3. The van der Waals surface area contributed by atoms with Crippen molar-refractivity contribution in [3.63, 3.8) is 0 Å². The molecule has 0 aliphatic carbocycles. The van der Waals surface area contributed by atoms with E-state index in [9.17, 15) is 14.7 Å². The summed E-state index contributed by atoms with van der Waals surface area (Å²) < 4.78 is 0. The minimum atomic E-state index is -0.608. The fourth-order valence-corrected chi connectivity index (χ4v) is 2.88. The maximum absolute atomic E-state index is 12.5. The summed E-state index contributed by atoms with van der Waals surface area (Å²) in [5, 5.41) is 10.2. The van der Waals surface area contributed by atoms with Crippen molar-refractivity contribution >= 4 is 17.4 Å². The van der Waals surface area contributed by atoms with E-state index in [2.05, 4.69) is 0 Å². The zero-order valence-electron chi connectivity index (χ0n) is 13.0. The van der Waals surface area contributed by atoms with Gasteiger partial charge in [-0.15, -0.1) is 0 Å². The van der Waals surface area contributed by atoms with Gasteiger partial charge in [0, 0.05) is 5.69 Å². The van der Waals surface area contributed by atoms with E-state index < -0.39 is 17.7 Å². The van der Waals surface area contributed by atoms with Crippen LogP contribution in [0, 0.1) is 6.92 Å². The van der Waals surface area contributed by atoms with E-state index in [0.717, 1.165) is 11.1 Å². The Balaban J connectivity index is 2.17. The van der Waals surface area contributed by atoms with Crippen molar-refractivity contribution in [3.8, 4) is 0 Å². The second-order valence-corrected chi connectivity index (χ2v) is 5.64. The number of hydrogen-bond donors (Lipinski definition) is 1. The normalized spacial score (nSPS) is 17.7. The number of para-hydroxylation sites is 1. The first-order valence-corrected chi connectivity index (χ1v) is 7.40. The van der Waals surface area contributed by atoms with Gasteiger partial charge in [0.15, 0.2) is 11.5 Å². The number of carbonyl (C=O) groups is 2. The highest BCUT2D eigenvalue weighted by molar-refractivity contribution is 6.16. The summed E-state index contributed by atoms with van der Waals surface area (Å²) >= 11 is 0. The van der Waals surface area contributed by atoms with E-state index in [4.69, 9.17) is 0 Å². The van der Waals surface area contributed by atoms with Crippen molar-refractivity contribution in [2.75, 3.05) is 4.90 Å². The molecule has 3 rings (SSSR count). The number of ketones is 1. The molecule has 0 spiro atoms. The fraction of sp³-hybridized carbons (Fsp3) is 0.158. The fourth-order valence-electron chi connectivity index (χ4n) is 2.88. The summed E-state index contributed by atoms with van der Waals surface area (Å²) in [6.07, 6.45) is 0. The second-order valence-electron chi connectivity index (χ2n) is 5.64. The molecule has 0 fully saturated rings. The third-order valence-electron chi connectivity index (χ3n) is 4.01. The lowest BCUT2D eigenvalue weighted by molar-refractivity contribution is -0.117. The molecule has 1 atom stereocenters. The monoisotopic (exact) mass is 307 g/mol. The number of rotatable bonds is 3. The number of carbonyl (C=O) groups excluding carboxylic acids is 2. The minimum Gasteiger partial charge on any atom is -0.503 e. The smallest absolute Gasteiger partial charge is 0.294 e. The Kier molecular flexibility index (Phi) is 3.74. The standard InChI is InChI=1S/C19H17NO3/c1-12-8-10-14(11-9-12)17-16(13(2)21)18(22)19(23)20(17)15-6-4-3-5-7-15/h3-11,17,22H,1-2H3/t17-/m0/s1. The number of aryl methyl sites for hydroxylation is 1. The minimum absolute atomic E-state index is 0.141. The van der Waals surface area contributed by atoms with Crippen LogP contribution in [0.1, 0.15) is 24.1 Å². The highest BCUT2D eigenvalue weighted by Crippen LogP contribution is 2.40. The van der Waals surface area contributed by atoms with E-state index in [1.807, 2.05) is 49.4 Å². The van der Waals surface area contributed by atoms with E-state index in [0.29, 0.717) is 5.69 Å². The molecule has 1 N–H and O–H groups in total. The maximum atomic E-state index is 12.5. The predicted octanol–water partition coefficient (Wildman–Crippen LogP) is 3.48. The van der Waals surface area contributed by atoms with Gasteiger partial charge in [0.2, 0.25) is 0 Å². The van der Waals surface area contributed by atoms with Gasteiger partial charge in [-0.3, -0.25) is 14.5 Å². The molecule has 0 saturated heterocycles. The second kappa shape index (κ2) is 5.72. The van der Waals surface area contributed by atoms with Gasteiger partial charge in [0.1, 0.15) is 0 Å². The van der Waals surface area contributed by atoms with Gasteiger partial charge < -0.3 is 5.11 Å². The van der Waals surface area contributed by atoms with Crippen LogP contribution in [-0.4, -0.2) is 16.8 Å². The van der Waals surface area contributed by atoms with Gasteiger partial charge in [-0.2, -0.15) is 0 Å². The SMILES string of the molecule is CC(=O)C1=C(O)C(=O)N(c2ccccc2)[C@H]1c1ccc(C)cc1. The van der Waals surface area contributed by atoms with Crippen LogP contribution in [0.2, 0.25) is 0 Å². The highest BCUT2D eigenvalue weighted by Gasteiger charge is 2.43. The summed E-state index contributed by atoms with van der Waals surface area (Å²) in [6.45, 7) is 3.34. The zero-order valence-corrected chi connectivity index (χ0v) is 13.0. The molecule has 4 heteroatoms. The average molecular weight is 307 g/mol. The van der Waals surface area contributed by atoms with Crippen molar-refractivity contribution in [3.05, 3.63) is 77.1 Å². The summed E-state index contributed by atoms with van der Waals surface area (Å²) in [5.41, 5.74) is 2.66. The van der Waals surface area contributed by atoms with Crippen LogP contribution in [0.4, 0.5) is 5.69 Å². The molecule has 4 nitrogen and oxygen atoms in total. The van der Waals surface area contributed by atoms with Gasteiger partial charge in [-0.05, 0) is 31.5 Å². The van der Waals surface area contributed by atoms with Gasteiger partial charge >= 0.3 is 0 Å². The number of amides is 1. The maximum Gasteiger partial charge on any atom is 0.294 e. The Morgan fingerprint density at radius 1 is 1.04 bits per heavy atom. The zero-order chi connectivity index (χ0) is 16.6. The van der Waals surface area contributed by atoms with E-state index in [1.165, 1.54) is 11.8 Å². The molecule has 23 heavy (non-hydrogen) atoms. The highest BCUT2D eigenvalue weighted by atomic mass is 16.3. The molecule has 0 unspecified atom stereocenters. The first-order chi connectivity index (χ1) is 11.0. The predicted molar refractivity (Wildman–Crippen MR) is 88.2 cm³/mol. The van der Waals surface area contributed by atoms with E-state index in [1.54, 1.807) is 12.1 Å². The van der Waals surface area contributed by atoms with Crippen LogP contribution in [-0.2, 0) is 9.59 Å². The van der Waals surface area contributed by atoms with Crippen LogP contribution < -0.4 is 4.90 Å².